The SMILES string of the molecule is Cc1ccc(NC(=O)c2ccccc2NC(C)C)c(C)n1. The highest BCUT2D eigenvalue weighted by molar-refractivity contribution is 6.08. The Morgan fingerprint density at radius 3 is 2.43 bits per heavy atom. The lowest BCUT2D eigenvalue weighted by Gasteiger charge is -2.15. The lowest BCUT2D eigenvalue weighted by Crippen LogP contribution is -2.18. The van der Waals surface area contributed by atoms with E-state index >= 15 is 0 Å². The number of carbonyl (C=O) groups excluding carboxylic acids is 1. The molecular weight excluding hydrogens is 262 g/mol. The van der Waals surface area contributed by atoms with Crippen molar-refractivity contribution in [2.24, 2.45) is 0 Å². The lowest BCUT2D eigenvalue weighted by atomic mass is 10.1. The van der Waals surface area contributed by atoms with Crippen LogP contribution >= 0.6 is 0 Å². The van der Waals surface area contributed by atoms with Crippen LogP contribution in [-0.4, -0.2) is 16.9 Å². The summed E-state index contributed by atoms with van der Waals surface area (Å²) < 4.78 is 0. The average Bonchev–Trinajstić information content (AvgIpc) is 2.42. The van der Waals surface area contributed by atoms with Crippen molar-refractivity contribution in [1.82, 2.24) is 4.98 Å². The molecule has 110 valence electrons. The van der Waals surface area contributed by atoms with Gasteiger partial charge in [0.25, 0.3) is 5.91 Å². The first-order chi connectivity index (χ1) is 9.97. The van der Waals surface area contributed by atoms with E-state index in [2.05, 4.69) is 15.6 Å². The maximum Gasteiger partial charge on any atom is 0.257 e. The highest BCUT2D eigenvalue weighted by atomic mass is 16.1. The maximum atomic E-state index is 12.5. The van der Waals surface area contributed by atoms with Crippen LogP contribution in [0.25, 0.3) is 0 Å². The molecule has 4 heteroatoms. The van der Waals surface area contributed by atoms with E-state index in [9.17, 15) is 4.79 Å². The summed E-state index contributed by atoms with van der Waals surface area (Å²) in [5, 5.41) is 6.21. The van der Waals surface area contributed by atoms with Crippen molar-refractivity contribution in [2.45, 2.75) is 33.7 Å². The van der Waals surface area contributed by atoms with Crippen LogP contribution in [0.15, 0.2) is 36.4 Å². The van der Waals surface area contributed by atoms with Crippen LogP contribution < -0.4 is 10.6 Å². The van der Waals surface area contributed by atoms with Crippen LogP contribution in [0.3, 0.4) is 0 Å². The number of aromatic nitrogens is 1. The predicted molar refractivity (Wildman–Crippen MR) is 86.9 cm³/mol. The number of nitrogens with zero attached hydrogens (tertiary/aromatic N) is 1. The second-order valence-corrected chi connectivity index (χ2v) is 5.38. The second kappa shape index (κ2) is 6.39. The van der Waals surface area contributed by atoms with E-state index in [1.54, 1.807) is 0 Å². The lowest BCUT2D eigenvalue weighted by molar-refractivity contribution is 0.102. The van der Waals surface area contributed by atoms with Crippen molar-refractivity contribution in [2.75, 3.05) is 10.6 Å². The fraction of sp³-hybridized carbons (Fsp3) is 0.294. The van der Waals surface area contributed by atoms with Gasteiger partial charge >= 0.3 is 0 Å². The fourth-order valence-corrected chi connectivity index (χ4v) is 2.13. The van der Waals surface area contributed by atoms with E-state index in [1.807, 2.05) is 64.1 Å². The summed E-state index contributed by atoms with van der Waals surface area (Å²) in [4.78, 5) is 16.8. The van der Waals surface area contributed by atoms with E-state index < -0.39 is 0 Å². The van der Waals surface area contributed by atoms with Crippen LogP contribution in [0, 0.1) is 13.8 Å². The molecule has 0 unspecified atom stereocenters. The zero-order valence-corrected chi connectivity index (χ0v) is 12.9. The van der Waals surface area contributed by atoms with Crippen LogP contribution in [0.5, 0.6) is 0 Å². The summed E-state index contributed by atoms with van der Waals surface area (Å²) in [6, 6.07) is 11.5. The minimum absolute atomic E-state index is 0.132. The molecule has 0 radical (unpaired) electrons. The summed E-state index contributed by atoms with van der Waals surface area (Å²) >= 11 is 0. The Kier molecular flexibility index (Phi) is 4.58. The van der Waals surface area contributed by atoms with Crippen molar-refractivity contribution in [1.29, 1.82) is 0 Å². The number of hydrogen-bond donors (Lipinski definition) is 2. The number of rotatable bonds is 4. The Morgan fingerprint density at radius 1 is 1.05 bits per heavy atom. The molecule has 0 aliphatic carbocycles. The molecule has 2 N–H and O–H groups in total. The molecule has 1 heterocycles. The number of para-hydroxylation sites is 1. The third-order valence-electron chi connectivity index (χ3n) is 3.09. The molecule has 4 nitrogen and oxygen atoms in total. The van der Waals surface area contributed by atoms with Gasteiger partial charge in [-0.2, -0.15) is 0 Å². The van der Waals surface area contributed by atoms with E-state index in [4.69, 9.17) is 0 Å². The smallest absolute Gasteiger partial charge is 0.257 e. The van der Waals surface area contributed by atoms with Gasteiger partial charge < -0.3 is 10.6 Å². The van der Waals surface area contributed by atoms with Gasteiger partial charge in [-0.1, -0.05) is 12.1 Å². The molecule has 0 saturated carbocycles. The van der Waals surface area contributed by atoms with Crippen molar-refractivity contribution in [3.8, 4) is 0 Å². The van der Waals surface area contributed by atoms with Gasteiger partial charge in [0.15, 0.2) is 0 Å². The van der Waals surface area contributed by atoms with Gasteiger partial charge in [-0.05, 0) is 52.0 Å². The molecule has 0 saturated heterocycles. The Bertz CT molecular complexity index is 650. The number of pyridine rings is 1. The zero-order valence-electron chi connectivity index (χ0n) is 12.9. The number of carbonyl (C=O) groups is 1. The summed E-state index contributed by atoms with van der Waals surface area (Å²) in [5.41, 5.74) is 3.96. The third kappa shape index (κ3) is 3.81. The first kappa shape index (κ1) is 15.0. The van der Waals surface area contributed by atoms with E-state index in [-0.39, 0.29) is 11.9 Å². The zero-order chi connectivity index (χ0) is 15.4. The molecule has 1 aromatic heterocycles. The number of hydrogen-bond acceptors (Lipinski definition) is 3. The van der Waals surface area contributed by atoms with Crippen LogP contribution in [-0.2, 0) is 0 Å². The van der Waals surface area contributed by atoms with E-state index in [0.29, 0.717) is 5.56 Å². The van der Waals surface area contributed by atoms with Gasteiger partial charge in [-0.3, -0.25) is 9.78 Å². The van der Waals surface area contributed by atoms with Crippen molar-refractivity contribution in [3.05, 3.63) is 53.3 Å². The van der Waals surface area contributed by atoms with Crippen LogP contribution in [0.1, 0.15) is 35.6 Å². The average molecular weight is 283 g/mol. The van der Waals surface area contributed by atoms with Crippen molar-refractivity contribution >= 4 is 17.3 Å². The van der Waals surface area contributed by atoms with Crippen molar-refractivity contribution < 1.29 is 4.79 Å². The van der Waals surface area contributed by atoms with Gasteiger partial charge in [0.2, 0.25) is 0 Å². The monoisotopic (exact) mass is 283 g/mol. The molecule has 2 rings (SSSR count). The number of anilines is 2. The minimum atomic E-state index is -0.132. The van der Waals surface area contributed by atoms with Gasteiger partial charge in [0.05, 0.1) is 16.9 Å². The van der Waals surface area contributed by atoms with Crippen LogP contribution in [0.4, 0.5) is 11.4 Å². The summed E-state index contributed by atoms with van der Waals surface area (Å²) in [5.74, 6) is -0.132. The normalized spacial score (nSPS) is 10.5. The molecule has 21 heavy (non-hydrogen) atoms. The number of aryl methyl sites for hydroxylation is 2. The molecule has 1 amide bonds. The molecule has 0 fully saturated rings. The highest BCUT2D eigenvalue weighted by Gasteiger charge is 2.13. The Balaban J connectivity index is 2.24. The first-order valence-corrected chi connectivity index (χ1v) is 7.08. The molecule has 0 spiro atoms. The first-order valence-electron chi connectivity index (χ1n) is 7.08. The number of amides is 1. The summed E-state index contributed by atoms with van der Waals surface area (Å²) in [6.07, 6.45) is 0. The van der Waals surface area contributed by atoms with Gasteiger partial charge in [0.1, 0.15) is 0 Å². The Morgan fingerprint density at radius 2 is 1.76 bits per heavy atom. The second-order valence-electron chi connectivity index (χ2n) is 5.38. The minimum Gasteiger partial charge on any atom is -0.382 e. The standard InChI is InChI=1S/C17H21N3O/c1-11(2)18-16-8-6-5-7-14(16)17(21)20-15-10-9-12(3)19-13(15)4/h5-11,18H,1-4H3,(H,20,21). The van der Waals surface area contributed by atoms with Crippen LogP contribution in [0.2, 0.25) is 0 Å². The van der Waals surface area contributed by atoms with Crippen molar-refractivity contribution in [3.63, 3.8) is 0 Å². The number of nitrogens with one attached hydrogen (secondary N) is 2. The quantitative estimate of drug-likeness (QED) is 0.898. The Labute approximate surface area is 125 Å². The Hall–Kier alpha value is -2.36. The fourth-order valence-electron chi connectivity index (χ4n) is 2.13. The van der Waals surface area contributed by atoms with E-state index in [1.165, 1.54) is 0 Å². The predicted octanol–water partition coefficient (Wildman–Crippen LogP) is 3.77. The molecule has 2 aromatic rings. The summed E-state index contributed by atoms with van der Waals surface area (Å²) in [6.45, 7) is 7.91. The van der Waals surface area contributed by atoms with E-state index in [0.717, 1.165) is 22.8 Å². The molecule has 1 aromatic carbocycles. The van der Waals surface area contributed by atoms with Gasteiger partial charge in [0, 0.05) is 17.4 Å². The summed E-state index contributed by atoms with van der Waals surface area (Å²) in [7, 11) is 0. The largest absolute Gasteiger partial charge is 0.382 e. The topological polar surface area (TPSA) is 54.0 Å². The maximum absolute atomic E-state index is 12.5. The molecular formula is C17H21N3O. The molecule has 0 bridgehead atoms. The third-order valence-corrected chi connectivity index (χ3v) is 3.09. The molecule has 0 aliphatic rings. The van der Waals surface area contributed by atoms with Gasteiger partial charge in [-0.25, -0.2) is 0 Å². The van der Waals surface area contributed by atoms with Gasteiger partial charge in [-0.15, -0.1) is 0 Å². The highest BCUT2D eigenvalue weighted by Crippen LogP contribution is 2.19. The molecule has 0 atom stereocenters. The molecule has 0 aliphatic heterocycles. The number of benzene rings is 1.